The summed E-state index contributed by atoms with van der Waals surface area (Å²) in [6.45, 7) is 2.00. The van der Waals surface area contributed by atoms with Gasteiger partial charge in [-0.25, -0.2) is 4.39 Å². The Morgan fingerprint density at radius 3 is 2.42 bits per heavy atom. The predicted octanol–water partition coefficient (Wildman–Crippen LogP) is 6.21. The molecule has 0 unspecified atom stereocenters. The summed E-state index contributed by atoms with van der Waals surface area (Å²) in [4.78, 5) is 11.3. The number of aromatic nitrogens is 1. The number of hydrogen-bond acceptors (Lipinski definition) is 1. The molecule has 0 spiro atoms. The topological polar surface area (TPSA) is 22.0 Å². The fraction of sp³-hybridized carbons (Fsp3) is 0.0455. The van der Waals surface area contributed by atoms with Gasteiger partial charge in [-0.05, 0) is 43.3 Å². The van der Waals surface area contributed by atoms with Crippen molar-refractivity contribution >= 4 is 28.8 Å². The van der Waals surface area contributed by atoms with E-state index in [2.05, 4.69) is 0 Å². The van der Waals surface area contributed by atoms with Gasteiger partial charge in [0.2, 0.25) is 0 Å². The minimum atomic E-state index is -0.289. The number of carbonyl (C=O) groups excluding carboxylic acids is 1. The Labute approximate surface area is 155 Å². The molecule has 0 radical (unpaired) electrons. The molecule has 0 amide bonds. The van der Waals surface area contributed by atoms with Crippen LogP contribution >= 0.6 is 11.6 Å². The van der Waals surface area contributed by atoms with E-state index in [-0.39, 0.29) is 5.82 Å². The molecule has 0 aliphatic heterocycles. The molecule has 4 aromatic rings. The van der Waals surface area contributed by atoms with Gasteiger partial charge < -0.3 is 4.57 Å². The zero-order valence-corrected chi connectivity index (χ0v) is 14.8. The van der Waals surface area contributed by atoms with Gasteiger partial charge in [0.15, 0.2) is 0 Å². The monoisotopic (exact) mass is 363 g/mol. The fourth-order valence-electron chi connectivity index (χ4n) is 3.43. The number of hydrogen-bond donors (Lipinski definition) is 0. The summed E-state index contributed by atoms with van der Waals surface area (Å²) in [5.41, 5.74) is 5.21. The van der Waals surface area contributed by atoms with E-state index in [0.29, 0.717) is 10.6 Å². The highest BCUT2D eigenvalue weighted by Crippen LogP contribution is 2.39. The molecule has 0 bridgehead atoms. The van der Waals surface area contributed by atoms with Crippen LogP contribution in [0.3, 0.4) is 0 Å². The first-order chi connectivity index (χ1) is 12.6. The largest absolute Gasteiger partial charge is 0.313 e. The van der Waals surface area contributed by atoms with Crippen molar-refractivity contribution in [3.8, 4) is 16.8 Å². The predicted molar refractivity (Wildman–Crippen MR) is 104 cm³/mol. The molecular formula is C22H15ClFNO. The molecule has 2 nitrogen and oxygen atoms in total. The van der Waals surface area contributed by atoms with Crippen LogP contribution in [0.5, 0.6) is 0 Å². The Bertz CT molecular complexity index is 1130. The average Bonchev–Trinajstić information content (AvgIpc) is 2.94. The summed E-state index contributed by atoms with van der Waals surface area (Å²) in [6, 6.07) is 19.6. The molecule has 0 fully saturated rings. The fourth-order valence-corrected chi connectivity index (χ4v) is 3.66. The molecular weight excluding hydrogens is 349 g/mol. The molecule has 0 saturated carbocycles. The zero-order chi connectivity index (χ0) is 18.3. The molecule has 1 heterocycles. The van der Waals surface area contributed by atoms with Gasteiger partial charge in [-0.2, -0.15) is 0 Å². The highest BCUT2D eigenvalue weighted by molar-refractivity contribution is 6.33. The maximum atomic E-state index is 13.4. The van der Waals surface area contributed by atoms with Gasteiger partial charge in [0.1, 0.15) is 12.1 Å². The van der Waals surface area contributed by atoms with Gasteiger partial charge in [0, 0.05) is 38.5 Å². The molecule has 1 aromatic heterocycles. The summed E-state index contributed by atoms with van der Waals surface area (Å²) < 4.78 is 15.4. The first kappa shape index (κ1) is 16.6. The number of rotatable bonds is 3. The number of fused-ring (bicyclic) bond motifs is 1. The maximum Gasteiger partial charge on any atom is 0.150 e. The Kier molecular flexibility index (Phi) is 4.09. The van der Waals surface area contributed by atoms with Crippen molar-refractivity contribution in [2.75, 3.05) is 0 Å². The SMILES string of the molecule is Cc1c(-c2ccccc2Cl)c2ccc(C=O)cc2n1-c1ccc(F)cc1. The van der Waals surface area contributed by atoms with Crippen molar-refractivity contribution in [1.82, 2.24) is 4.57 Å². The Morgan fingerprint density at radius 1 is 1.00 bits per heavy atom. The third-order valence-electron chi connectivity index (χ3n) is 4.59. The first-order valence-electron chi connectivity index (χ1n) is 8.21. The van der Waals surface area contributed by atoms with Crippen LogP contribution in [-0.4, -0.2) is 10.9 Å². The van der Waals surface area contributed by atoms with Crippen molar-refractivity contribution < 1.29 is 9.18 Å². The van der Waals surface area contributed by atoms with Crippen molar-refractivity contribution in [2.45, 2.75) is 6.92 Å². The summed E-state index contributed by atoms with van der Waals surface area (Å²) in [5.74, 6) is -0.289. The van der Waals surface area contributed by atoms with Crippen LogP contribution in [0.1, 0.15) is 16.1 Å². The second kappa shape index (κ2) is 6.43. The summed E-state index contributed by atoms with van der Waals surface area (Å²) in [6.07, 6.45) is 0.825. The van der Waals surface area contributed by atoms with Crippen LogP contribution in [0.15, 0.2) is 66.7 Å². The lowest BCUT2D eigenvalue weighted by Crippen LogP contribution is -1.97. The number of nitrogens with zero attached hydrogens (tertiary/aromatic N) is 1. The van der Waals surface area contributed by atoms with Crippen LogP contribution in [-0.2, 0) is 0 Å². The van der Waals surface area contributed by atoms with Gasteiger partial charge in [-0.3, -0.25) is 4.79 Å². The smallest absolute Gasteiger partial charge is 0.150 e. The number of aldehydes is 1. The number of benzene rings is 3. The van der Waals surface area contributed by atoms with Crippen LogP contribution in [0.25, 0.3) is 27.7 Å². The van der Waals surface area contributed by atoms with E-state index < -0.39 is 0 Å². The molecule has 0 N–H and O–H groups in total. The van der Waals surface area contributed by atoms with Crippen LogP contribution in [0, 0.1) is 12.7 Å². The van der Waals surface area contributed by atoms with E-state index in [1.165, 1.54) is 12.1 Å². The molecule has 3 aromatic carbocycles. The zero-order valence-electron chi connectivity index (χ0n) is 14.0. The molecule has 0 atom stereocenters. The van der Waals surface area contributed by atoms with Gasteiger partial charge >= 0.3 is 0 Å². The summed E-state index contributed by atoms with van der Waals surface area (Å²) in [5, 5.41) is 1.65. The molecule has 26 heavy (non-hydrogen) atoms. The van der Waals surface area contributed by atoms with E-state index >= 15 is 0 Å². The Hall–Kier alpha value is -2.91. The van der Waals surface area contributed by atoms with E-state index in [4.69, 9.17) is 11.6 Å². The molecule has 128 valence electrons. The van der Waals surface area contributed by atoms with Crippen molar-refractivity contribution in [3.63, 3.8) is 0 Å². The van der Waals surface area contributed by atoms with Crippen LogP contribution in [0.2, 0.25) is 5.02 Å². The number of halogens is 2. The molecule has 0 aliphatic rings. The lowest BCUT2D eigenvalue weighted by Gasteiger charge is -2.10. The Balaban J connectivity index is 2.11. The van der Waals surface area contributed by atoms with E-state index in [0.717, 1.165) is 39.7 Å². The quantitative estimate of drug-likeness (QED) is 0.396. The van der Waals surface area contributed by atoms with E-state index in [1.54, 1.807) is 18.2 Å². The van der Waals surface area contributed by atoms with E-state index in [9.17, 15) is 9.18 Å². The third kappa shape index (κ3) is 2.61. The van der Waals surface area contributed by atoms with Crippen LogP contribution < -0.4 is 0 Å². The van der Waals surface area contributed by atoms with Crippen molar-refractivity contribution in [3.05, 3.63) is 88.8 Å². The standard InChI is InChI=1S/C22H15ClFNO/c1-14-22(18-4-2-3-5-20(18)23)19-11-6-15(13-26)12-21(19)25(14)17-9-7-16(24)8-10-17/h2-13H,1H3. The molecule has 4 rings (SSSR count). The van der Waals surface area contributed by atoms with Crippen LogP contribution in [0.4, 0.5) is 4.39 Å². The Morgan fingerprint density at radius 2 is 1.73 bits per heavy atom. The first-order valence-corrected chi connectivity index (χ1v) is 8.59. The third-order valence-corrected chi connectivity index (χ3v) is 4.92. The van der Waals surface area contributed by atoms with Gasteiger partial charge in [0.25, 0.3) is 0 Å². The minimum absolute atomic E-state index is 0.289. The lowest BCUT2D eigenvalue weighted by atomic mass is 10.0. The second-order valence-electron chi connectivity index (χ2n) is 6.15. The average molecular weight is 364 g/mol. The molecule has 0 saturated heterocycles. The van der Waals surface area contributed by atoms with Gasteiger partial charge in [0.05, 0.1) is 5.52 Å². The van der Waals surface area contributed by atoms with Crippen molar-refractivity contribution in [2.24, 2.45) is 0 Å². The van der Waals surface area contributed by atoms with Gasteiger partial charge in [-0.1, -0.05) is 41.9 Å². The highest BCUT2D eigenvalue weighted by atomic mass is 35.5. The molecule has 0 aliphatic carbocycles. The summed E-state index contributed by atoms with van der Waals surface area (Å²) >= 11 is 6.45. The minimum Gasteiger partial charge on any atom is -0.313 e. The summed E-state index contributed by atoms with van der Waals surface area (Å²) in [7, 11) is 0. The highest BCUT2D eigenvalue weighted by Gasteiger charge is 2.18. The molecule has 4 heteroatoms. The number of carbonyl (C=O) groups is 1. The maximum absolute atomic E-state index is 13.4. The lowest BCUT2D eigenvalue weighted by molar-refractivity contribution is 0.112. The van der Waals surface area contributed by atoms with Gasteiger partial charge in [-0.15, -0.1) is 0 Å². The second-order valence-corrected chi connectivity index (χ2v) is 6.55. The normalized spacial score (nSPS) is 11.0. The van der Waals surface area contributed by atoms with Crippen molar-refractivity contribution in [1.29, 1.82) is 0 Å². The van der Waals surface area contributed by atoms with E-state index in [1.807, 2.05) is 47.9 Å².